The Labute approximate surface area is 223 Å². The molecule has 1 N–H and O–H groups in total. The standard InChI is InChI=1S/C28H27F3N4O4/c1-4-38-14-15-39-27-33-25(19-6-5-7-23(16-19)37-3)35(34-27)22-12-10-21(11-13-22)32-26(36)20-9-8-18(2)24(17-20)28(29,30)31/h5-13,16-17H,4,14-15H2,1-3H3,(H,32,36). The molecule has 0 saturated carbocycles. The van der Waals surface area contributed by atoms with Crippen LogP contribution >= 0.6 is 0 Å². The lowest BCUT2D eigenvalue weighted by Crippen LogP contribution is -2.15. The molecule has 39 heavy (non-hydrogen) atoms. The zero-order valence-corrected chi connectivity index (χ0v) is 21.6. The zero-order chi connectivity index (χ0) is 28.0. The smallest absolute Gasteiger partial charge is 0.416 e. The van der Waals surface area contributed by atoms with E-state index in [1.54, 1.807) is 36.1 Å². The Morgan fingerprint density at radius 2 is 1.79 bits per heavy atom. The van der Waals surface area contributed by atoms with Crippen LogP contribution in [0.5, 0.6) is 11.8 Å². The fourth-order valence-electron chi connectivity index (χ4n) is 3.78. The third kappa shape index (κ3) is 6.74. The highest BCUT2D eigenvalue weighted by Gasteiger charge is 2.33. The summed E-state index contributed by atoms with van der Waals surface area (Å²) in [6.07, 6.45) is -4.55. The minimum absolute atomic E-state index is 0.0457. The summed E-state index contributed by atoms with van der Waals surface area (Å²) in [6.45, 7) is 4.47. The molecule has 8 nitrogen and oxygen atoms in total. The Morgan fingerprint density at radius 1 is 1.03 bits per heavy atom. The molecule has 4 aromatic rings. The summed E-state index contributed by atoms with van der Waals surface area (Å²) >= 11 is 0. The number of benzene rings is 3. The molecule has 0 spiro atoms. The van der Waals surface area contributed by atoms with E-state index >= 15 is 0 Å². The predicted octanol–water partition coefficient (Wildman–Crippen LogP) is 5.94. The number of aryl methyl sites for hydroxylation is 1. The van der Waals surface area contributed by atoms with E-state index in [0.29, 0.717) is 36.2 Å². The quantitative estimate of drug-likeness (QED) is 0.251. The van der Waals surface area contributed by atoms with Crippen LogP contribution in [0.3, 0.4) is 0 Å². The molecule has 204 valence electrons. The minimum Gasteiger partial charge on any atom is -0.497 e. The second-order valence-electron chi connectivity index (χ2n) is 8.44. The number of alkyl halides is 3. The summed E-state index contributed by atoms with van der Waals surface area (Å²) in [5, 5.41) is 7.12. The number of amides is 1. The third-order valence-corrected chi connectivity index (χ3v) is 5.75. The van der Waals surface area contributed by atoms with Gasteiger partial charge in [0.25, 0.3) is 5.91 Å². The largest absolute Gasteiger partial charge is 0.497 e. The molecule has 4 rings (SSSR count). The number of aromatic nitrogens is 3. The van der Waals surface area contributed by atoms with Crippen molar-refractivity contribution in [2.24, 2.45) is 0 Å². The van der Waals surface area contributed by atoms with Crippen molar-refractivity contribution in [3.05, 3.63) is 83.4 Å². The molecule has 1 aromatic heterocycles. The molecule has 1 heterocycles. The van der Waals surface area contributed by atoms with Crippen LogP contribution in [0.25, 0.3) is 17.1 Å². The SMILES string of the molecule is CCOCCOc1nc(-c2cccc(OC)c2)n(-c2ccc(NC(=O)c3ccc(C)c(C(F)(F)F)c3)cc2)n1. The van der Waals surface area contributed by atoms with Gasteiger partial charge in [0.05, 0.1) is 25.0 Å². The van der Waals surface area contributed by atoms with Gasteiger partial charge in [-0.3, -0.25) is 4.79 Å². The lowest BCUT2D eigenvalue weighted by molar-refractivity contribution is -0.138. The van der Waals surface area contributed by atoms with E-state index in [4.69, 9.17) is 14.2 Å². The van der Waals surface area contributed by atoms with Crippen LogP contribution in [-0.2, 0) is 10.9 Å². The van der Waals surface area contributed by atoms with Crippen molar-refractivity contribution in [2.45, 2.75) is 20.0 Å². The van der Waals surface area contributed by atoms with E-state index in [0.717, 1.165) is 11.6 Å². The maximum atomic E-state index is 13.3. The topological polar surface area (TPSA) is 87.5 Å². The molecule has 0 radical (unpaired) electrons. The van der Waals surface area contributed by atoms with E-state index in [1.165, 1.54) is 19.1 Å². The number of nitrogens with one attached hydrogen (secondary N) is 1. The first kappa shape index (κ1) is 27.6. The fourth-order valence-corrected chi connectivity index (χ4v) is 3.78. The molecule has 0 aliphatic rings. The van der Waals surface area contributed by atoms with Crippen LogP contribution in [-0.4, -0.2) is 47.6 Å². The Morgan fingerprint density at radius 3 is 2.49 bits per heavy atom. The molecule has 0 atom stereocenters. The van der Waals surface area contributed by atoms with Gasteiger partial charge in [0, 0.05) is 23.4 Å². The van der Waals surface area contributed by atoms with E-state index in [1.807, 2.05) is 31.2 Å². The number of carbonyl (C=O) groups excluding carboxylic acids is 1. The van der Waals surface area contributed by atoms with Crippen molar-refractivity contribution in [1.82, 2.24) is 14.8 Å². The van der Waals surface area contributed by atoms with Gasteiger partial charge in [0.1, 0.15) is 12.4 Å². The van der Waals surface area contributed by atoms with Gasteiger partial charge in [-0.05, 0) is 67.9 Å². The fraction of sp³-hybridized carbons (Fsp3) is 0.250. The van der Waals surface area contributed by atoms with Gasteiger partial charge < -0.3 is 19.5 Å². The molecule has 0 aliphatic carbocycles. The van der Waals surface area contributed by atoms with Crippen molar-refractivity contribution >= 4 is 11.6 Å². The normalized spacial score (nSPS) is 11.3. The lowest BCUT2D eigenvalue weighted by atomic mass is 10.0. The Balaban J connectivity index is 1.58. The summed E-state index contributed by atoms with van der Waals surface area (Å²) in [6, 6.07) is 17.6. The van der Waals surface area contributed by atoms with Gasteiger partial charge in [-0.15, -0.1) is 5.10 Å². The summed E-state index contributed by atoms with van der Waals surface area (Å²) in [5.74, 6) is 0.483. The summed E-state index contributed by atoms with van der Waals surface area (Å²) in [5.41, 5.74) is 0.855. The van der Waals surface area contributed by atoms with Crippen LogP contribution in [0.1, 0.15) is 28.4 Å². The summed E-state index contributed by atoms with van der Waals surface area (Å²) < 4.78 is 57.7. The highest BCUT2D eigenvalue weighted by Crippen LogP contribution is 2.32. The average molecular weight is 541 g/mol. The Bertz CT molecular complexity index is 1440. The average Bonchev–Trinajstić information content (AvgIpc) is 3.35. The van der Waals surface area contributed by atoms with Crippen LogP contribution in [0, 0.1) is 6.92 Å². The number of nitrogens with zero attached hydrogens (tertiary/aromatic N) is 3. The molecular weight excluding hydrogens is 513 g/mol. The number of hydrogen-bond acceptors (Lipinski definition) is 6. The highest BCUT2D eigenvalue weighted by molar-refractivity contribution is 6.04. The lowest BCUT2D eigenvalue weighted by Gasteiger charge is -2.12. The first-order chi connectivity index (χ1) is 18.7. The maximum Gasteiger partial charge on any atom is 0.416 e. The van der Waals surface area contributed by atoms with Gasteiger partial charge in [-0.1, -0.05) is 18.2 Å². The first-order valence-electron chi connectivity index (χ1n) is 12.1. The van der Waals surface area contributed by atoms with Crippen molar-refractivity contribution in [2.75, 3.05) is 32.2 Å². The van der Waals surface area contributed by atoms with E-state index in [2.05, 4.69) is 15.4 Å². The summed E-state index contributed by atoms with van der Waals surface area (Å²) in [7, 11) is 1.57. The molecule has 0 saturated heterocycles. The molecular formula is C28H27F3N4O4. The number of halogens is 3. The van der Waals surface area contributed by atoms with Crippen LogP contribution in [0.2, 0.25) is 0 Å². The van der Waals surface area contributed by atoms with Crippen molar-refractivity contribution in [3.8, 4) is 28.8 Å². The molecule has 0 fully saturated rings. The number of methoxy groups -OCH3 is 1. The van der Waals surface area contributed by atoms with Crippen LogP contribution in [0.15, 0.2) is 66.7 Å². The van der Waals surface area contributed by atoms with Gasteiger partial charge in [0.2, 0.25) is 0 Å². The number of carbonyl (C=O) groups is 1. The molecule has 0 aliphatic heterocycles. The Kier molecular flexibility index (Phi) is 8.50. The van der Waals surface area contributed by atoms with Gasteiger partial charge in [0.15, 0.2) is 5.82 Å². The number of ether oxygens (including phenoxy) is 3. The monoisotopic (exact) mass is 540 g/mol. The van der Waals surface area contributed by atoms with E-state index < -0.39 is 17.6 Å². The van der Waals surface area contributed by atoms with Crippen molar-refractivity contribution in [1.29, 1.82) is 0 Å². The van der Waals surface area contributed by atoms with Crippen LogP contribution in [0.4, 0.5) is 18.9 Å². The molecule has 3 aromatic carbocycles. The Hall–Kier alpha value is -4.38. The minimum atomic E-state index is -4.55. The van der Waals surface area contributed by atoms with E-state index in [9.17, 15) is 18.0 Å². The molecule has 0 unspecified atom stereocenters. The second kappa shape index (κ2) is 12.0. The van der Waals surface area contributed by atoms with E-state index in [-0.39, 0.29) is 23.7 Å². The number of hydrogen-bond donors (Lipinski definition) is 1. The first-order valence-corrected chi connectivity index (χ1v) is 12.1. The molecule has 0 bridgehead atoms. The predicted molar refractivity (Wildman–Crippen MR) is 139 cm³/mol. The number of anilines is 1. The van der Waals surface area contributed by atoms with Crippen molar-refractivity contribution in [3.63, 3.8) is 0 Å². The number of rotatable bonds is 10. The zero-order valence-electron chi connectivity index (χ0n) is 21.6. The molecule has 11 heteroatoms. The molecule has 1 amide bonds. The van der Waals surface area contributed by atoms with Gasteiger partial charge in [-0.25, -0.2) is 4.68 Å². The van der Waals surface area contributed by atoms with Crippen molar-refractivity contribution < 1.29 is 32.2 Å². The summed E-state index contributed by atoms with van der Waals surface area (Å²) in [4.78, 5) is 17.2. The van der Waals surface area contributed by atoms with Crippen LogP contribution < -0.4 is 14.8 Å². The maximum absolute atomic E-state index is 13.3. The second-order valence-corrected chi connectivity index (χ2v) is 8.44. The third-order valence-electron chi connectivity index (χ3n) is 5.75. The highest BCUT2D eigenvalue weighted by atomic mass is 19.4. The van der Waals surface area contributed by atoms with Gasteiger partial charge >= 0.3 is 12.2 Å². The van der Waals surface area contributed by atoms with Gasteiger partial charge in [-0.2, -0.15) is 18.2 Å².